The molecule has 27 heteroatoms. The van der Waals surface area contributed by atoms with E-state index in [9.17, 15) is 66.6 Å². The number of carboxylic acids is 2. The van der Waals surface area contributed by atoms with Gasteiger partial charge >= 0.3 is 34.4 Å². The molecule has 1 unspecified atom stereocenters. The molecule has 0 spiro atoms. The van der Waals surface area contributed by atoms with Crippen molar-refractivity contribution in [2.45, 2.75) is 134 Å². The molecule has 26 nitrogen and oxygen atoms in total. The van der Waals surface area contributed by atoms with E-state index in [4.69, 9.17) is 14.0 Å². The van der Waals surface area contributed by atoms with Gasteiger partial charge in [0.1, 0.15) is 35.5 Å². The summed E-state index contributed by atoms with van der Waals surface area (Å²) in [4.78, 5) is 130. The molecule has 11 N–H and O–H groups in total. The van der Waals surface area contributed by atoms with Crippen LogP contribution in [0.2, 0.25) is 0 Å². The number of H-pyrrole nitrogens is 1. The molecule has 0 saturated heterocycles. The number of aromatic amines is 1. The number of benzene rings is 3. The quantitative estimate of drug-likeness (QED) is 0.0179. The molecular formula is C55H72N8O18S. The van der Waals surface area contributed by atoms with Gasteiger partial charge < -0.3 is 66.1 Å². The Morgan fingerprint density at radius 3 is 1.77 bits per heavy atom. The molecule has 0 radical (unpaired) electrons. The van der Waals surface area contributed by atoms with Crippen LogP contribution in [-0.4, -0.2) is 144 Å². The van der Waals surface area contributed by atoms with Gasteiger partial charge in [0, 0.05) is 62.3 Å². The van der Waals surface area contributed by atoms with Crippen LogP contribution in [0.1, 0.15) is 102 Å². The molecule has 446 valence electrons. The van der Waals surface area contributed by atoms with E-state index in [1.165, 1.54) is 24.3 Å². The van der Waals surface area contributed by atoms with Gasteiger partial charge in [-0.25, -0.2) is 9.59 Å². The van der Waals surface area contributed by atoms with E-state index in [0.717, 1.165) is 22.0 Å². The topological polar surface area (TPSA) is 393 Å². The van der Waals surface area contributed by atoms with Crippen molar-refractivity contribution in [3.8, 4) is 5.75 Å². The fourth-order valence-electron chi connectivity index (χ4n) is 8.09. The number of para-hydroxylation sites is 1. The molecule has 0 fully saturated rings. The minimum absolute atomic E-state index is 0.0135. The molecule has 0 aliphatic heterocycles. The van der Waals surface area contributed by atoms with Crippen molar-refractivity contribution < 1.29 is 84.8 Å². The highest BCUT2D eigenvalue weighted by Gasteiger charge is 2.31. The van der Waals surface area contributed by atoms with Crippen LogP contribution >= 0.6 is 0 Å². The largest absolute Gasteiger partial charge is 0.481 e. The van der Waals surface area contributed by atoms with Gasteiger partial charge in [-0.05, 0) is 81.3 Å². The van der Waals surface area contributed by atoms with Crippen LogP contribution in [0.5, 0.6) is 5.75 Å². The maximum Gasteiger partial charge on any atom is 0.446 e. The fourth-order valence-corrected chi connectivity index (χ4v) is 8.44. The Labute approximate surface area is 473 Å². The summed E-state index contributed by atoms with van der Waals surface area (Å²) in [5.74, 6) is -8.02. The van der Waals surface area contributed by atoms with Crippen LogP contribution in [-0.2, 0) is 82.3 Å². The standard InChI is InChI=1S/C55H72N8O18S/c1-55(2,3)80-54(75)63-41(29-36-21-23-38(24-22-36)81-82(76,77)78)50(71)56-26-13-5-9-19-45(64)59-34-47(66)61-42(30-37-33-58-40-18-12-11-17-39(37)40)51(72)57-27-14-6-10-20-46(65)60-43(31-48(67)68)52(73)62-44(32-49(69)70)53(74)79-28-25-35-15-7-4-8-16-35/h4,7-8,11-12,15-18,21-24,33,41-44,58H,5-6,9-10,13-14,19-20,25-32,34H2,1-3H3,(H,56,71)(H,57,72)(H,59,64)(H,60,65)(H,61,66)(H,62,73)(H,63,75)(H,67,68)(H,69,70)(H,76,77,78)/t41?,42-,43-,44-/m0/s1. The molecule has 0 bridgehead atoms. The second kappa shape index (κ2) is 33.2. The van der Waals surface area contributed by atoms with Gasteiger partial charge in [-0.1, -0.05) is 73.5 Å². The van der Waals surface area contributed by atoms with Gasteiger partial charge in [-0.3, -0.25) is 42.9 Å². The Morgan fingerprint density at radius 1 is 0.585 bits per heavy atom. The summed E-state index contributed by atoms with van der Waals surface area (Å²) >= 11 is 0. The third kappa shape index (κ3) is 26.1. The van der Waals surface area contributed by atoms with Crippen LogP contribution in [0.3, 0.4) is 0 Å². The zero-order valence-corrected chi connectivity index (χ0v) is 46.6. The van der Waals surface area contributed by atoms with Crippen LogP contribution < -0.4 is 41.4 Å². The van der Waals surface area contributed by atoms with Crippen molar-refractivity contribution in [1.82, 2.24) is 42.2 Å². The van der Waals surface area contributed by atoms with E-state index in [1.54, 1.807) is 57.3 Å². The van der Waals surface area contributed by atoms with Gasteiger partial charge in [0.15, 0.2) is 0 Å². The number of unbranched alkanes of at least 4 members (excludes halogenated alkanes) is 4. The summed E-state index contributed by atoms with van der Waals surface area (Å²) in [5, 5.41) is 37.5. The second-order valence-corrected chi connectivity index (χ2v) is 21.0. The number of aromatic nitrogens is 1. The molecule has 7 amide bonds. The number of aliphatic carboxylic acids is 2. The van der Waals surface area contributed by atoms with Crippen molar-refractivity contribution in [1.29, 1.82) is 0 Å². The normalized spacial score (nSPS) is 12.7. The number of rotatable bonds is 35. The highest BCUT2D eigenvalue weighted by molar-refractivity contribution is 7.81. The molecule has 4 atom stereocenters. The van der Waals surface area contributed by atoms with E-state index in [-0.39, 0.29) is 57.6 Å². The molecule has 0 aliphatic rings. The zero-order chi connectivity index (χ0) is 60.2. The molecule has 82 heavy (non-hydrogen) atoms. The van der Waals surface area contributed by atoms with Gasteiger partial charge in [0.05, 0.1) is 26.0 Å². The Kier molecular flexibility index (Phi) is 26.7. The van der Waals surface area contributed by atoms with E-state index in [1.807, 2.05) is 24.3 Å². The van der Waals surface area contributed by atoms with Crippen LogP contribution in [0.25, 0.3) is 10.9 Å². The van der Waals surface area contributed by atoms with Crippen molar-refractivity contribution in [2.75, 3.05) is 26.2 Å². The lowest BCUT2D eigenvalue weighted by atomic mass is 10.0. The van der Waals surface area contributed by atoms with Gasteiger partial charge in [-0.2, -0.15) is 8.42 Å². The first kappa shape index (κ1) is 65.9. The van der Waals surface area contributed by atoms with Crippen molar-refractivity contribution >= 4 is 80.7 Å². The first-order valence-electron chi connectivity index (χ1n) is 26.5. The number of fused-ring (bicyclic) bond motifs is 1. The maximum absolute atomic E-state index is 13.6. The SMILES string of the molecule is CC(C)(C)OC(=O)NC(Cc1ccc(OS(=O)(=O)O)cc1)C(=O)NCCCCCC(=O)NCC(=O)N[C@@H](Cc1c[nH]c2ccccc12)C(=O)NCCCCCC(=O)N[C@@H](CC(=O)O)C(=O)N[C@@H](CC(=O)O)C(=O)OCCc1ccccc1. The van der Waals surface area contributed by atoms with Crippen LogP contribution in [0, 0.1) is 0 Å². The van der Waals surface area contributed by atoms with Crippen LogP contribution in [0.15, 0.2) is 85.1 Å². The number of esters is 1. The number of amides is 7. The first-order chi connectivity index (χ1) is 38.8. The fraction of sp³-hybridized carbons (Fsp3) is 0.455. The second-order valence-electron chi connectivity index (χ2n) is 20.0. The molecule has 3 aromatic carbocycles. The number of hydrogen-bond donors (Lipinski definition) is 11. The summed E-state index contributed by atoms with van der Waals surface area (Å²) in [7, 11) is -4.75. The van der Waals surface area contributed by atoms with Crippen LogP contribution in [0.4, 0.5) is 4.79 Å². The minimum Gasteiger partial charge on any atom is -0.481 e. The summed E-state index contributed by atoms with van der Waals surface area (Å²) in [6.45, 7) is 4.74. The molecule has 1 aromatic heterocycles. The summed E-state index contributed by atoms with van der Waals surface area (Å²) < 4.78 is 46.0. The Hall–Kier alpha value is -8.59. The summed E-state index contributed by atoms with van der Waals surface area (Å²) in [6, 6.07) is 16.3. The summed E-state index contributed by atoms with van der Waals surface area (Å²) in [6.07, 6.45) is 1.81. The van der Waals surface area contributed by atoms with Gasteiger partial charge in [-0.15, -0.1) is 0 Å². The molecule has 0 aliphatic carbocycles. The maximum atomic E-state index is 13.6. The number of ether oxygens (including phenoxy) is 2. The lowest BCUT2D eigenvalue weighted by molar-refractivity contribution is -0.152. The number of carboxylic acid groups (broad SMARTS) is 2. The number of hydrogen-bond acceptors (Lipinski definition) is 15. The van der Waals surface area contributed by atoms with E-state index < -0.39 is 119 Å². The zero-order valence-electron chi connectivity index (χ0n) is 45.8. The third-order valence-electron chi connectivity index (χ3n) is 12.0. The third-order valence-corrected chi connectivity index (χ3v) is 12.4. The van der Waals surface area contributed by atoms with E-state index >= 15 is 0 Å². The first-order valence-corrected chi connectivity index (χ1v) is 27.9. The molecule has 1 heterocycles. The summed E-state index contributed by atoms with van der Waals surface area (Å²) in [5.41, 5.74) is 2.06. The van der Waals surface area contributed by atoms with Gasteiger partial charge in [0.2, 0.25) is 35.4 Å². The molecule has 4 aromatic rings. The average Bonchev–Trinajstić information content (AvgIpc) is 3.95. The molecule has 0 saturated carbocycles. The Morgan fingerprint density at radius 2 is 1.16 bits per heavy atom. The predicted molar refractivity (Wildman–Crippen MR) is 295 cm³/mol. The average molecular weight is 1170 g/mol. The van der Waals surface area contributed by atoms with Gasteiger partial charge in [0.25, 0.3) is 0 Å². The monoisotopic (exact) mass is 1160 g/mol. The lowest BCUT2D eigenvalue weighted by Crippen LogP contribution is -2.53. The molecule has 4 rings (SSSR count). The predicted octanol–water partition coefficient (Wildman–Crippen LogP) is 2.69. The number of carbonyl (C=O) groups excluding carboxylic acids is 8. The smallest absolute Gasteiger partial charge is 0.446 e. The van der Waals surface area contributed by atoms with E-state index in [0.29, 0.717) is 44.1 Å². The van der Waals surface area contributed by atoms with Crippen molar-refractivity contribution in [3.05, 3.63) is 102 Å². The highest BCUT2D eigenvalue weighted by Crippen LogP contribution is 2.20. The Balaban J connectivity index is 1.21. The minimum atomic E-state index is -4.75. The highest BCUT2D eigenvalue weighted by atomic mass is 32.3. The number of alkyl carbamates (subject to hydrolysis) is 1. The van der Waals surface area contributed by atoms with Crippen molar-refractivity contribution in [3.63, 3.8) is 0 Å². The van der Waals surface area contributed by atoms with E-state index in [2.05, 4.69) is 46.4 Å². The number of carbonyl (C=O) groups is 10. The lowest BCUT2D eigenvalue weighted by Gasteiger charge is -2.23. The van der Waals surface area contributed by atoms with Crippen molar-refractivity contribution in [2.24, 2.45) is 0 Å². The Bertz CT molecular complexity index is 2930. The number of nitrogens with one attached hydrogen (secondary N) is 8. The molecular weight excluding hydrogens is 1090 g/mol.